The smallest absolute Gasteiger partial charge is 0.169 e. The fourth-order valence-corrected chi connectivity index (χ4v) is 3.80. The Morgan fingerprint density at radius 3 is 1.97 bits per heavy atom. The number of phenolic OH excluding ortho intramolecular Hbond substituents is 5. The quantitative estimate of drug-likeness (QED) is 0.236. The highest BCUT2D eigenvalue weighted by Crippen LogP contribution is 2.38. The van der Waals surface area contributed by atoms with E-state index in [2.05, 4.69) is 0 Å². The maximum atomic E-state index is 10.3. The van der Waals surface area contributed by atoms with Gasteiger partial charge in [-0.25, -0.2) is 0 Å². The highest BCUT2D eigenvalue weighted by Gasteiger charge is 2.12. The molecule has 0 saturated heterocycles. The first kappa shape index (κ1) is 22.9. The first-order valence-electron chi connectivity index (χ1n) is 11.0. The Bertz CT molecular complexity index is 1280. The van der Waals surface area contributed by atoms with Crippen LogP contribution in [-0.4, -0.2) is 25.5 Å². The van der Waals surface area contributed by atoms with Gasteiger partial charge >= 0.3 is 0 Å². The molecule has 5 N–H and O–H groups in total. The van der Waals surface area contributed by atoms with Crippen LogP contribution in [0.2, 0.25) is 0 Å². The van der Waals surface area contributed by atoms with Crippen LogP contribution in [0.4, 0.5) is 0 Å². The molecule has 0 aliphatic heterocycles. The van der Waals surface area contributed by atoms with Crippen LogP contribution in [0.25, 0.3) is 0 Å². The van der Waals surface area contributed by atoms with Gasteiger partial charge in [0.05, 0.1) is 0 Å². The van der Waals surface area contributed by atoms with Crippen molar-refractivity contribution in [2.75, 3.05) is 0 Å². The SMILES string of the molecule is Oc1ccc(CCc2cc(Oc3cc(O)cc(CCc4cccc(O)c4)c3)c(O)cc2O)cc1. The summed E-state index contributed by atoms with van der Waals surface area (Å²) in [5.41, 5.74) is 3.41. The Kier molecular flexibility index (Phi) is 6.78. The number of ether oxygens (including phenoxy) is 1. The van der Waals surface area contributed by atoms with E-state index in [1.54, 1.807) is 48.5 Å². The maximum absolute atomic E-state index is 10.3. The minimum atomic E-state index is -0.212. The van der Waals surface area contributed by atoms with E-state index in [4.69, 9.17) is 4.74 Å². The van der Waals surface area contributed by atoms with E-state index in [1.807, 2.05) is 18.2 Å². The van der Waals surface area contributed by atoms with Crippen LogP contribution < -0.4 is 4.74 Å². The van der Waals surface area contributed by atoms with E-state index in [1.165, 1.54) is 12.1 Å². The molecule has 4 rings (SSSR count). The summed E-state index contributed by atoms with van der Waals surface area (Å²) in [6.45, 7) is 0. The molecule has 0 saturated carbocycles. The Balaban J connectivity index is 1.48. The summed E-state index contributed by atoms with van der Waals surface area (Å²) < 4.78 is 5.87. The van der Waals surface area contributed by atoms with Gasteiger partial charge < -0.3 is 30.3 Å². The molecule has 0 amide bonds. The molecule has 0 atom stereocenters. The fourth-order valence-electron chi connectivity index (χ4n) is 3.80. The van der Waals surface area contributed by atoms with Gasteiger partial charge in [-0.15, -0.1) is 0 Å². The highest BCUT2D eigenvalue weighted by atomic mass is 16.5. The van der Waals surface area contributed by atoms with Crippen molar-refractivity contribution in [2.45, 2.75) is 25.7 Å². The highest BCUT2D eigenvalue weighted by molar-refractivity contribution is 5.52. The predicted molar refractivity (Wildman–Crippen MR) is 129 cm³/mol. The van der Waals surface area contributed by atoms with Crippen molar-refractivity contribution in [3.8, 4) is 40.2 Å². The van der Waals surface area contributed by atoms with Gasteiger partial charge in [-0.3, -0.25) is 0 Å². The molecule has 4 aromatic rings. The Morgan fingerprint density at radius 1 is 0.500 bits per heavy atom. The number of rotatable bonds is 8. The summed E-state index contributed by atoms with van der Waals surface area (Å²) in [5, 5.41) is 49.8. The van der Waals surface area contributed by atoms with Crippen LogP contribution in [-0.2, 0) is 25.7 Å². The van der Waals surface area contributed by atoms with Crippen LogP contribution in [0, 0.1) is 0 Å². The zero-order valence-electron chi connectivity index (χ0n) is 18.5. The first-order chi connectivity index (χ1) is 16.4. The second-order valence-electron chi connectivity index (χ2n) is 8.22. The van der Waals surface area contributed by atoms with Crippen molar-refractivity contribution < 1.29 is 30.3 Å². The van der Waals surface area contributed by atoms with Crippen LogP contribution in [0.5, 0.6) is 40.2 Å². The third-order valence-electron chi connectivity index (χ3n) is 5.57. The van der Waals surface area contributed by atoms with Gasteiger partial charge in [-0.05, 0) is 90.4 Å². The van der Waals surface area contributed by atoms with Crippen molar-refractivity contribution in [1.82, 2.24) is 0 Å². The molecule has 34 heavy (non-hydrogen) atoms. The molecule has 0 heterocycles. The van der Waals surface area contributed by atoms with Crippen LogP contribution >= 0.6 is 0 Å². The molecule has 0 fully saturated rings. The summed E-state index contributed by atoms with van der Waals surface area (Å²) in [6, 6.07) is 21.6. The molecular weight excluding hydrogens is 432 g/mol. The average molecular weight is 459 g/mol. The van der Waals surface area contributed by atoms with Crippen molar-refractivity contribution in [3.05, 3.63) is 101 Å². The molecule has 0 aliphatic rings. The van der Waals surface area contributed by atoms with Gasteiger partial charge in [0, 0.05) is 12.1 Å². The predicted octanol–water partition coefficient (Wildman–Crippen LogP) is 5.58. The molecule has 6 heteroatoms. The van der Waals surface area contributed by atoms with Gasteiger partial charge in [0.2, 0.25) is 0 Å². The Labute approximate surface area is 197 Å². The van der Waals surface area contributed by atoms with Crippen molar-refractivity contribution in [2.24, 2.45) is 0 Å². The van der Waals surface area contributed by atoms with E-state index in [0.717, 1.165) is 16.7 Å². The van der Waals surface area contributed by atoms with E-state index in [9.17, 15) is 25.5 Å². The second kappa shape index (κ2) is 10.1. The number of aromatic hydroxyl groups is 5. The van der Waals surface area contributed by atoms with Gasteiger partial charge in [0.1, 0.15) is 28.7 Å². The molecule has 0 unspecified atom stereocenters. The summed E-state index contributed by atoms with van der Waals surface area (Å²) in [5.74, 6) is 0.719. The summed E-state index contributed by atoms with van der Waals surface area (Å²) in [7, 11) is 0. The molecule has 0 aromatic heterocycles. The Hall–Kier alpha value is -4.32. The molecule has 4 aromatic carbocycles. The van der Waals surface area contributed by atoms with Gasteiger partial charge in [0.25, 0.3) is 0 Å². The molecule has 0 spiro atoms. The van der Waals surface area contributed by atoms with E-state index in [0.29, 0.717) is 37.0 Å². The number of hydrogen-bond donors (Lipinski definition) is 5. The van der Waals surface area contributed by atoms with E-state index >= 15 is 0 Å². The van der Waals surface area contributed by atoms with E-state index < -0.39 is 0 Å². The lowest BCUT2D eigenvalue weighted by Crippen LogP contribution is -1.95. The molecular formula is C28H26O6. The molecule has 0 aliphatic carbocycles. The van der Waals surface area contributed by atoms with Crippen molar-refractivity contribution in [1.29, 1.82) is 0 Å². The zero-order valence-corrected chi connectivity index (χ0v) is 18.5. The van der Waals surface area contributed by atoms with Crippen molar-refractivity contribution in [3.63, 3.8) is 0 Å². The maximum Gasteiger partial charge on any atom is 0.169 e. The van der Waals surface area contributed by atoms with Crippen LogP contribution in [0.3, 0.4) is 0 Å². The summed E-state index contributed by atoms with van der Waals surface area (Å²) in [6.07, 6.45) is 2.42. The minimum absolute atomic E-state index is 0.0358. The van der Waals surface area contributed by atoms with Gasteiger partial charge in [0.15, 0.2) is 11.5 Å². The Morgan fingerprint density at radius 2 is 1.21 bits per heavy atom. The topological polar surface area (TPSA) is 110 Å². The normalized spacial score (nSPS) is 10.8. The lowest BCUT2D eigenvalue weighted by Gasteiger charge is -2.13. The van der Waals surface area contributed by atoms with Crippen molar-refractivity contribution >= 4 is 0 Å². The first-order valence-corrected chi connectivity index (χ1v) is 11.0. The zero-order chi connectivity index (χ0) is 24.1. The average Bonchev–Trinajstić information content (AvgIpc) is 2.79. The summed E-state index contributed by atoms with van der Waals surface area (Å²) >= 11 is 0. The monoisotopic (exact) mass is 458 g/mol. The molecule has 0 bridgehead atoms. The van der Waals surface area contributed by atoms with E-state index in [-0.39, 0.29) is 34.5 Å². The number of aryl methyl sites for hydroxylation is 4. The standard InChI is InChI=1S/C28H26O6/c29-22-10-7-18(8-11-22)6-9-21-15-28(27(33)17-26(21)32)34-25-14-20(13-24(31)16-25)5-4-19-2-1-3-23(30)12-19/h1-3,7-8,10-17,29-33H,4-6,9H2. The fraction of sp³-hybridized carbons (Fsp3) is 0.143. The van der Waals surface area contributed by atoms with Gasteiger partial charge in [-0.2, -0.15) is 0 Å². The number of phenols is 5. The minimum Gasteiger partial charge on any atom is -0.508 e. The lowest BCUT2D eigenvalue weighted by molar-refractivity contribution is 0.398. The van der Waals surface area contributed by atoms with Crippen LogP contribution in [0.1, 0.15) is 22.3 Å². The lowest BCUT2D eigenvalue weighted by atomic mass is 10.0. The largest absolute Gasteiger partial charge is 0.508 e. The number of hydrogen-bond acceptors (Lipinski definition) is 6. The van der Waals surface area contributed by atoms with Gasteiger partial charge in [-0.1, -0.05) is 24.3 Å². The molecule has 6 nitrogen and oxygen atoms in total. The summed E-state index contributed by atoms with van der Waals surface area (Å²) in [4.78, 5) is 0. The third-order valence-corrected chi connectivity index (χ3v) is 5.57. The van der Waals surface area contributed by atoms with Crippen LogP contribution in [0.15, 0.2) is 78.9 Å². The number of benzene rings is 4. The molecule has 174 valence electrons. The third kappa shape index (κ3) is 5.92. The second-order valence-corrected chi connectivity index (χ2v) is 8.22. The molecule has 0 radical (unpaired) electrons.